The van der Waals surface area contributed by atoms with Gasteiger partial charge in [-0.2, -0.15) is 0 Å². The summed E-state index contributed by atoms with van der Waals surface area (Å²) in [5, 5.41) is 3.14. The van der Waals surface area contributed by atoms with E-state index in [4.69, 9.17) is 6.42 Å². The van der Waals surface area contributed by atoms with E-state index >= 15 is 0 Å². The van der Waals surface area contributed by atoms with Gasteiger partial charge in [-0.25, -0.2) is 0 Å². The van der Waals surface area contributed by atoms with Crippen molar-refractivity contribution in [1.29, 1.82) is 0 Å². The van der Waals surface area contributed by atoms with Gasteiger partial charge in [-0.15, -0.1) is 6.42 Å². The van der Waals surface area contributed by atoms with Crippen molar-refractivity contribution in [3.63, 3.8) is 0 Å². The first-order valence-corrected chi connectivity index (χ1v) is 7.53. The van der Waals surface area contributed by atoms with Gasteiger partial charge in [-0.05, 0) is 25.8 Å². The molecule has 2 unspecified atom stereocenters. The van der Waals surface area contributed by atoms with Crippen molar-refractivity contribution in [2.75, 3.05) is 13.1 Å². The summed E-state index contributed by atoms with van der Waals surface area (Å²) < 4.78 is 0. The van der Waals surface area contributed by atoms with Gasteiger partial charge in [0, 0.05) is 19.0 Å². The van der Waals surface area contributed by atoms with Crippen LogP contribution < -0.4 is 5.32 Å². The Morgan fingerprint density at radius 1 is 1.36 bits per heavy atom. The van der Waals surface area contributed by atoms with Crippen molar-refractivity contribution in [1.82, 2.24) is 10.2 Å². The molecule has 0 bridgehead atoms. The number of carbonyl (C=O) groups is 2. The Morgan fingerprint density at radius 3 is 2.59 bits per heavy atom. The summed E-state index contributed by atoms with van der Waals surface area (Å²) >= 11 is 0. The van der Waals surface area contributed by atoms with Crippen LogP contribution >= 0.6 is 0 Å². The SMILES string of the molecule is C#CCN(Cc1ccc(C)cc1)C(=O)C1CC(C(C)=O)CN1. The fourth-order valence-corrected chi connectivity index (χ4v) is 2.69. The van der Waals surface area contributed by atoms with E-state index in [1.54, 1.807) is 11.8 Å². The fraction of sp³-hybridized carbons (Fsp3) is 0.444. The Morgan fingerprint density at radius 2 is 2.05 bits per heavy atom. The van der Waals surface area contributed by atoms with Gasteiger partial charge in [0.15, 0.2) is 0 Å². The monoisotopic (exact) mass is 298 g/mol. The van der Waals surface area contributed by atoms with Crippen LogP contribution in [0.5, 0.6) is 0 Å². The minimum Gasteiger partial charge on any atom is -0.326 e. The zero-order valence-electron chi connectivity index (χ0n) is 13.1. The second kappa shape index (κ2) is 7.24. The van der Waals surface area contributed by atoms with Gasteiger partial charge < -0.3 is 10.2 Å². The third-order valence-electron chi connectivity index (χ3n) is 4.09. The van der Waals surface area contributed by atoms with Crippen molar-refractivity contribution in [3.8, 4) is 12.3 Å². The Balaban J connectivity index is 2.04. The first kappa shape index (κ1) is 16.3. The Labute approximate surface area is 131 Å². The average molecular weight is 298 g/mol. The Hall–Kier alpha value is -2.12. The van der Waals surface area contributed by atoms with Crippen molar-refractivity contribution < 1.29 is 9.59 Å². The number of nitrogens with one attached hydrogen (secondary N) is 1. The second-order valence-electron chi connectivity index (χ2n) is 5.89. The molecule has 1 aromatic carbocycles. The average Bonchev–Trinajstić information content (AvgIpc) is 2.98. The number of Topliss-reactive ketones (excluding diaryl/α,β-unsaturated/α-hetero) is 1. The van der Waals surface area contributed by atoms with Crippen molar-refractivity contribution in [2.45, 2.75) is 32.9 Å². The van der Waals surface area contributed by atoms with Gasteiger partial charge in [0.1, 0.15) is 5.78 Å². The number of nitrogens with zero attached hydrogens (tertiary/aromatic N) is 1. The molecule has 0 aromatic heterocycles. The van der Waals surface area contributed by atoms with Gasteiger partial charge >= 0.3 is 0 Å². The van der Waals surface area contributed by atoms with E-state index in [0.717, 1.165) is 5.56 Å². The molecule has 0 aliphatic carbocycles. The van der Waals surface area contributed by atoms with Crippen molar-refractivity contribution in [3.05, 3.63) is 35.4 Å². The molecule has 1 saturated heterocycles. The van der Waals surface area contributed by atoms with Gasteiger partial charge in [0.25, 0.3) is 0 Å². The van der Waals surface area contributed by atoms with E-state index in [0.29, 0.717) is 19.5 Å². The molecule has 1 heterocycles. The van der Waals surface area contributed by atoms with E-state index in [9.17, 15) is 9.59 Å². The molecule has 1 N–H and O–H groups in total. The highest BCUT2D eigenvalue weighted by Gasteiger charge is 2.33. The first-order valence-electron chi connectivity index (χ1n) is 7.53. The summed E-state index contributed by atoms with van der Waals surface area (Å²) in [5.41, 5.74) is 2.23. The standard InChI is InChI=1S/C18H22N2O2/c1-4-9-20(12-15-7-5-13(2)6-8-15)18(22)17-10-16(11-19-17)14(3)21/h1,5-8,16-17,19H,9-12H2,2-3H3. The zero-order valence-corrected chi connectivity index (χ0v) is 13.1. The van der Waals surface area contributed by atoms with Crippen LogP contribution in [0.4, 0.5) is 0 Å². The molecular formula is C18H22N2O2. The Kier molecular flexibility index (Phi) is 5.35. The van der Waals surface area contributed by atoms with E-state index < -0.39 is 0 Å². The third-order valence-corrected chi connectivity index (χ3v) is 4.09. The summed E-state index contributed by atoms with van der Waals surface area (Å²) in [6.07, 6.45) is 5.96. The lowest BCUT2D eigenvalue weighted by Gasteiger charge is -2.24. The summed E-state index contributed by atoms with van der Waals surface area (Å²) in [7, 11) is 0. The molecule has 1 aromatic rings. The van der Waals surface area contributed by atoms with Gasteiger partial charge in [0.2, 0.25) is 5.91 Å². The van der Waals surface area contributed by atoms with Gasteiger partial charge in [0.05, 0.1) is 12.6 Å². The predicted molar refractivity (Wildman–Crippen MR) is 86.0 cm³/mol. The lowest BCUT2D eigenvalue weighted by atomic mass is 10.0. The van der Waals surface area contributed by atoms with Gasteiger partial charge in [-0.3, -0.25) is 9.59 Å². The van der Waals surface area contributed by atoms with Crippen LogP contribution in [0.25, 0.3) is 0 Å². The van der Waals surface area contributed by atoms with Crippen LogP contribution in [0.1, 0.15) is 24.5 Å². The number of terminal acetylenes is 1. The molecule has 1 fully saturated rings. The zero-order chi connectivity index (χ0) is 16.1. The third kappa shape index (κ3) is 3.96. The van der Waals surface area contributed by atoms with Crippen LogP contribution in [0.15, 0.2) is 24.3 Å². The van der Waals surface area contributed by atoms with Crippen LogP contribution in [0.3, 0.4) is 0 Å². The number of ketones is 1. The summed E-state index contributed by atoms with van der Waals surface area (Å²) in [4.78, 5) is 25.7. The maximum Gasteiger partial charge on any atom is 0.240 e. The van der Waals surface area contributed by atoms with E-state index in [-0.39, 0.29) is 30.2 Å². The molecule has 116 valence electrons. The molecular weight excluding hydrogens is 276 g/mol. The van der Waals surface area contributed by atoms with Crippen molar-refractivity contribution >= 4 is 11.7 Å². The Bertz CT molecular complexity index is 586. The lowest BCUT2D eigenvalue weighted by Crippen LogP contribution is -2.43. The van der Waals surface area contributed by atoms with Crippen LogP contribution in [-0.2, 0) is 16.1 Å². The highest BCUT2D eigenvalue weighted by Crippen LogP contribution is 2.18. The number of aryl methyl sites for hydroxylation is 1. The van der Waals surface area contributed by atoms with E-state index in [1.807, 2.05) is 31.2 Å². The maximum atomic E-state index is 12.6. The minimum atomic E-state index is -0.312. The topological polar surface area (TPSA) is 49.4 Å². The highest BCUT2D eigenvalue weighted by molar-refractivity contribution is 5.85. The molecule has 2 rings (SSSR count). The van der Waals surface area contributed by atoms with E-state index in [1.165, 1.54) is 5.56 Å². The smallest absolute Gasteiger partial charge is 0.240 e. The molecule has 1 aliphatic heterocycles. The molecule has 0 radical (unpaired) electrons. The fourth-order valence-electron chi connectivity index (χ4n) is 2.69. The molecule has 1 amide bonds. The number of hydrogen-bond donors (Lipinski definition) is 1. The summed E-state index contributed by atoms with van der Waals surface area (Å²) in [6.45, 7) is 4.94. The summed E-state index contributed by atoms with van der Waals surface area (Å²) in [6, 6.07) is 7.74. The molecule has 4 heteroatoms. The summed E-state index contributed by atoms with van der Waals surface area (Å²) in [5.74, 6) is 2.58. The highest BCUT2D eigenvalue weighted by atomic mass is 16.2. The second-order valence-corrected chi connectivity index (χ2v) is 5.89. The number of rotatable bonds is 5. The first-order chi connectivity index (χ1) is 10.5. The lowest BCUT2D eigenvalue weighted by molar-refractivity contribution is -0.133. The van der Waals surface area contributed by atoms with E-state index in [2.05, 4.69) is 11.2 Å². The number of benzene rings is 1. The quantitative estimate of drug-likeness (QED) is 0.839. The van der Waals surface area contributed by atoms with Crippen LogP contribution in [0.2, 0.25) is 0 Å². The predicted octanol–water partition coefficient (Wildman–Crippen LogP) is 1.52. The van der Waals surface area contributed by atoms with Crippen LogP contribution in [-0.4, -0.2) is 35.7 Å². The molecule has 2 atom stereocenters. The molecule has 0 saturated carbocycles. The number of amides is 1. The molecule has 0 spiro atoms. The maximum absolute atomic E-state index is 12.6. The molecule has 22 heavy (non-hydrogen) atoms. The largest absolute Gasteiger partial charge is 0.326 e. The minimum absolute atomic E-state index is 0.0257. The number of hydrogen-bond acceptors (Lipinski definition) is 3. The van der Waals surface area contributed by atoms with Crippen LogP contribution in [0, 0.1) is 25.2 Å². The van der Waals surface area contributed by atoms with Gasteiger partial charge in [-0.1, -0.05) is 35.7 Å². The number of carbonyl (C=O) groups excluding carboxylic acids is 2. The van der Waals surface area contributed by atoms with Crippen molar-refractivity contribution in [2.24, 2.45) is 5.92 Å². The molecule has 1 aliphatic rings. The normalized spacial score (nSPS) is 20.4. The molecule has 4 nitrogen and oxygen atoms in total.